The molecule has 0 radical (unpaired) electrons. The number of methoxy groups -OCH3 is 1. The molecule has 0 spiro atoms. The number of rotatable bonds is 31. The second-order valence-electron chi connectivity index (χ2n) is 13.3. The first-order valence-corrected chi connectivity index (χ1v) is 19.1. The van der Waals surface area contributed by atoms with Crippen molar-refractivity contribution in [1.82, 2.24) is 0 Å². The van der Waals surface area contributed by atoms with Gasteiger partial charge in [-0.15, -0.1) is 0 Å². The quantitative estimate of drug-likeness (QED) is 0.0618. The van der Waals surface area contributed by atoms with E-state index in [1.165, 1.54) is 174 Å². The van der Waals surface area contributed by atoms with Crippen LogP contribution in [-0.2, 0) is 9.53 Å². The highest BCUT2D eigenvalue weighted by molar-refractivity contribution is 5.95. The second-order valence-corrected chi connectivity index (χ2v) is 13.3. The summed E-state index contributed by atoms with van der Waals surface area (Å²) in [4.78, 5) is 25.8. The first-order valence-electron chi connectivity index (χ1n) is 19.1. The Balaban J connectivity index is 1.82. The van der Waals surface area contributed by atoms with Gasteiger partial charge in [-0.2, -0.15) is 0 Å². The molecule has 1 aromatic carbocycles. The topological polar surface area (TPSA) is 46.6 Å². The predicted molar refractivity (Wildman–Crippen MR) is 191 cm³/mol. The lowest BCUT2D eigenvalue weighted by atomic mass is 10.0. The molecule has 1 aromatic rings. The van der Waals surface area contributed by atoms with E-state index in [4.69, 9.17) is 4.74 Å². The molecule has 0 aliphatic heterocycles. The molecule has 1 rings (SSSR count). The molecule has 0 aliphatic rings. The molecule has 0 aliphatic carbocycles. The molecule has 0 aromatic heterocycles. The smallest absolute Gasteiger partial charge is 0.337 e. The van der Waals surface area contributed by atoms with Crippen LogP contribution in [0.2, 0.25) is 0 Å². The molecule has 0 fully saturated rings. The van der Waals surface area contributed by atoms with Gasteiger partial charge in [0, 0.05) is 19.2 Å². The van der Waals surface area contributed by atoms with E-state index < -0.39 is 0 Å². The van der Waals surface area contributed by atoms with Crippen molar-refractivity contribution >= 4 is 17.6 Å². The summed E-state index contributed by atoms with van der Waals surface area (Å²) < 4.78 is 4.81. The van der Waals surface area contributed by atoms with Crippen molar-refractivity contribution < 1.29 is 14.3 Å². The number of esters is 1. The van der Waals surface area contributed by atoms with Crippen LogP contribution < -0.4 is 4.90 Å². The van der Waals surface area contributed by atoms with Crippen LogP contribution in [-0.4, -0.2) is 25.5 Å². The number of nitrogens with zero attached hydrogens (tertiary/aromatic N) is 1. The Labute approximate surface area is 273 Å². The van der Waals surface area contributed by atoms with E-state index in [0.717, 1.165) is 18.5 Å². The number of amides is 1. The zero-order valence-electron chi connectivity index (χ0n) is 29.5. The minimum absolute atomic E-state index is 0.0111. The van der Waals surface area contributed by atoms with Crippen LogP contribution in [0, 0.1) is 0 Å². The van der Waals surface area contributed by atoms with E-state index in [1.54, 1.807) is 30.0 Å². The Kier molecular flexibility index (Phi) is 27.3. The summed E-state index contributed by atoms with van der Waals surface area (Å²) in [6, 6.07) is 7.15. The molecular formula is C40H71NO3. The number of hydrogen-bond acceptors (Lipinski definition) is 3. The molecule has 0 heterocycles. The maximum absolute atomic E-state index is 12.2. The molecule has 0 unspecified atom stereocenters. The molecule has 254 valence electrons. The monoisotopic (exact) mass is 614 g/mol. The van der Waals surface area contributed by atoms with Crippen LogP contribution in [0.5, 0.6) is 0 Å². The number of hydrogen-bond donors (Lipinski definition) is 0. The van der Waals surface area contributed by atoms with Gasteiger partial charge in [0.2, 0.25) is 5.91 Å². The Morgan fingerprint density at radius 1 is 0.545 bits per heavy atom. The van der Waals surface area contributed by atoms with E-state index in [9.17, 15) is 9.59 Å². The fourth-order valence-electron chi connectivity index (χ4n) is 6.33. The van der Waals surface area contributed by atoms with Crippen LogP contribution in [0.15, 0.2) is 24.3 Å². The second kappa shape index (κ2) is 29.8. The van der Waals surface area contributed by atoms with Gasteiger partial charge in [-0.05, 0) is 24.6 Å². The summed E-state index contributed by atoms with van der Waals surface area (Å²) in [5.74, 6) is -0.363. The van der Waals surface area contributed by atoms with Crippen molar-refractivity contribution in [2.75, 3.05) is 18.6 Å². The number of benzene rings is 1. The zero-order valence-corrected chi connectivity index (χ0v) is 29.5. The molecule has 4 nitrogen and oxygen atoms in total. The summed E-state index contributed by atoms with van der Waals surface area (Å²) in [7, 11) is 1.38. The average Bonchev–Trinajstić information content (AvgIpc) is 3.03. The fraction of sp³-hybridized carbons (Fsp3) is 0.800. The molecular weight excluding hydrogens is 542 g/mol. The summed E-state index contributed by atoms with van der Waals surface area (Å²) >= 11 is 0. The third-order valence-corrected chi connectivity index (χ3v) is 9.19. The lowest BCUT2D eigenvalue weighted by Crippen LogP contribution is -2.29. The highest BCUT2D eigenvalue weighted by Gasteiger charge is 2.14. The first-order chi connectivity index (χ1) is 21.6. The van der Waals surface area contributed by atoms with E-state index in [-0.39, 0.29) is 11.9 Å². The van der Waals surface area contributed by atoms with Gasteiger partial charge in [-0.25, -0.2) is 4.79 Å². The molecule has 0 N–H and O–H groups in total. The maximum Gasteiger partial charge on any atom is 0.337 e. The van der Waals surface area contributed by atoms with Crippen LogP contribution in [0.3, 0.4) is 0 Å². The van der Waals surface area contributed by atoms with Crippen molar-refractivity contribution in [1.29, 1.82) is 0 Å². The first kappa shape index (κ1) is 40.2. The van der Waals surface area contributed by atoms with Gasteiger partial charge in [-0.1, -0.05) is 186 Å². The molecule has 1 amide bonds. The zero-order chi connectivity index (χ0) is 31.9. The molecule has 44 heavy (non-hydrogen) atoms. The maximum atomic E-state index is 12.2. The van der Waals surface area contributed by atoms with Crippen molar-refractivity contribution in [2.45, 2.75) is 194 Å². The predicted octanol–water partition coefficient (Wildman–Crippen LogP) is 12.8. The number of anilines is 1. The van der Waals surface area contributed by atoms with E-state index in [1.807, 2.05) is 6.07 Å². The number of unbranched alkanes of at least 4 members (excludes halogenated alkanes) is 27. The van der Waals surface area contributed by atoms with Crippen molar-refractivity contribution in [2.24, 2.45) is 0 Å². The fourth-order valence-corrected chi connectivity index (χ4v) is 6.33. The average molecular weight is 614 g/mol. The SMILES string of the molecule is CCCCCCCCCCCCCCCCCCCCCCCCCCCCCCN(C(C)=O)c1cccc(C(=O)OC)c1. The number of ether oxygens (including phenoxy) is 1. The van der Waals surface area contributed by atoms with Crippen molar-refractivity contribution in [3.8, 4) is 0 Å². The Morgan fingerprint density at radius 3 is 1.20 bits per heavy atom. The third kappa shape index (κ3) is 22.6. The van der Waals surface area contributed by atoms with E-state index >= 15 is 0 Å². The highest BCUT2D eigenvalue weighted by Crippen LogP contribution is 2.20. The van der Waals surface area contributed by atoms with Gasteiger partial charge < -0.3 is 9.64 Å². The molecule has 0 atom stereocenters. The lowest BCUT2D eigenvalue weighted by Gasteiger charge is -2.21. The van der Waals surface area contributed by atoms with Crippen molar-refractivity contribution in [3.05, 3.63) is 29.8 Å². The molecule has 0 saturated carbocycles. The summed E-state index contributed by atoms with van der Waals surface area (Å²) in [6.07, 6.45) is 39.1. The van der Waals surface area contributed by atoms with Crippen LogP contribution in [0.4, 0.5) is 5.69 Å². The van der Waals surface area contributed by atoms with Crippen LogP contribution in [0.25, 0.3) is 0 Å². The minimum Gasteiger partial charge on any atom is -0.465 e. The summed E-state index contributed by atoms with van der Waals surface area (Å²) in [6.45, 7) is 4.58. The van der Waals surface area contributed by atoms with Crippen molar-refractivity contribution in [3.63, 3.8) is 0 Å². The van der Waals surface area contributed by atoms with Gasteiger partial charge in [0.05, 0.1) is 12.7 Å². The van der Waals surface area contributed by atoms with Crippen LogP contribution >= 0.6 is 0 Å². The van der Waals surface area contributed by atoms with Gasteiger partial charge in [0.15, 0.2) is 0 Å². The standard InChI is InChI=1S/C40H71NO3/c1-4-5-6-7-8-9-10-11-12-13-14-15-16-17-18-19-20-21-22-23-24-25-26-27-28-29-30-31-35-41(37(2)42)39-34-32-33-38(36-39)40(43)44-3/h32-34,36H,4-31,35H2,1-3H3. The van der Waals surface area contributed by atoms with Gasteiger partial charge in [0.25, 0.3) is 0 Å². The van der Waals surface area contributed by atoms with Gasteiger partial charge >= 0.3 is 5.97 Å². The normalized spacial score (nSPS) is 11.2. The Morgan fingerprint density at radius 2 is 0.886 bits per heavy atom. The lowest BCUT2D eigenvalue weighted by molar-refractivity contribution is -0.116. The minimum atomic E-state index is -0.374. The number of carbonyl (C=O) groups excluding carboxylic acids is 2. The summed E-state index contributed by atoms with van der Waals surface area (Å²) in [5, 5.41) is 0. The Hall–Kier alpha value is -1.84. The number of carbonyl (C=O) groups is 2. The van der Waals surface area contributed by atoms with E-state index in [0.29, 0.717) is 12.1 Å². The third-order valence-electron chi connectivity index (χ3n) is 9.19. The van der Waals surface area contributed by atoms with Crippen LogP contribution in [0.1, 0.15) is 204 Å². The van der Waals surface area contributed by atoms with E-state index in [2.05, 4.69) is 6.92 Å². The Bertz CT molecular complexity index is 808. The highest BCUT2D eigenvalue weighted by atomic mass is 16.5. The summed E-state index contributed by atoms with van der Waals surface area (Å²) in [5.41, 5.74) is 1.25. The largest absolute Gasteiger partial charge is 0.465 e. The molecule has 4 heteroatoms. The van der Waals surface area contributed by atoms with Gasteiger partial charge in [0.1, 0.15) is 0 Å². The van der Waals surface area contributed by atoms with Gasteiger partial charge in [-0.3, -0.25) is 4.79 Å². The molecule has 0 saturated heterocycles. The molecule has 0 bridgehead atoms.